The highest BCUT2D eigenvalue weighted by Gasteiger charge is 2.28. The summed E-state index contributed by atoms with van der Waals surface area (Å²) >= 11 is 6.62. The molecule has 1 saturated heterocycles. The fraction of sp³-hybridized carbons (Fsp3) is 0.320. The molecule has 0 saturated carbocycles. The second-order valence-electron chi connectivity index (χ2n) is 7.71. The third-order valence-electron chi connectivity index (χ3n) is 5.82. The molecule has 2 heterocycles. The van der Waals surface area contributed by atoms with Gasteiger partial charge < -0.3 is 10.1 Å². The lowest BCUT2D eigenvalue weighted by Gasteiger charge is -2.38. The van der Waals surface area contributed by atoms with E-state index < -0.39 is 0 Å². The van der Waals surface area contributed by atoms with Crippen molar-refractivity contribution in [2.24, 2.45) is 0 Å². The number of aromatic nitrogens is 1. The smallest absolute Gasteiger partial charge is 0.118 e. The van der Waals surface area contributed by atoms with Crippen LogP contribution in [0.5, 0.6) is 5.75 Å². The van der Waals surface area contributed by atoms with Crippen molar-refractivity contribution in [1.82, 2.24) is 15.2 Å². The van der Waals surface area contributed by atoms with Gasteiger partial charge in [-0.2, -0.15) is 0 Å². The summed E-state index contributed by atoms with van der Waals surface area (Å²) in [5.74, 6) is 0.870. The number of halogens is 1. The standard InChI is InChI=1S/C25H28ClN3O/c1-30-22-11-9-19(10-12-22)25(23-7-2-3-8-24(23)26)29-16-13-20(14-17-29)28-18-21-6-4-5-15-27-21/h2-12,15,20,25,28H,13-14,16-18H2,1H3. The number of likely N-dealkylation sites (tertiary alicyclic amines) is 1. The number of ether oxygens (including phenoxy) is 1. The van der Waals surface area contributed by atoms with Gasteiger partial charge in [-0.25, -0.2) is 0 Å². The van der Waals surface area contributed by atoms with Crippen molar-refractivity contribution >= 4 is 11.6 Å². The number of piperidine rings is 1. The van der Waals surface area contributed by atoms with Crippen LogP contribution in [0.2, 0.25) is 5.02 Å². The summed E-state index contributed by atoms with van der Waals surface area (Å²) in [6.45, 7) is 2.85. The predicted octanol–water partition coefficient (Wildman–Crippen LogP) is 5.09. The summed E-state index contributed by atoms with van der Waals surface area (Å²) in [5.41, 5.74) is 3.49. The molecule has 1 atom stereocenters. The second kappa shape index (κ2) is 10.1. The van der Waals surface area contributed by atoms with E-state index in [1.54, 1.807) is 7.11 Å². The first-order chi connectivity index (χ1) is 14.7. The highest BCUT2D eigenvalue weighted by atomic mass is 35.5. The van der Waals surface area contributed by atoms with Crippen molar-refractivity contribution in [1.29, 1.82) is 0 Å². The van der Waals surface area contributed by atoms with Crippen LogP contribution in [-0.2, 0) is 6.54 Å². The highest BCUT2D eigenvalue weighted by Crippen LogP contribution is 2.35. The van der Waals surface area contributed by atoms with Gasteiger partial charge >= 0.3 is 0 Å². The number of hydrogen-bond donors (Lipinski definition) is 1. The first-order valence-electron chi connectivity index (χ1n) is 10.5. The molecule has 30 heavy (non-hydrogen) atoms. The van der Waals surface area contributed by atoms with Gasteiger partial charge in [0.2, 0.25) is 0 Å². The molecule has 0 bridgehead atoms. The Kier molecular flexibility index (Phi) is 7.00. The van der Waals surface area contributed by atoms with E-state index in [-0.39, 0.29) is 6.04 Å². The van der Waals surface area contributed by atoms with Crippen molar-refractivity contribution in [3.05, 3.63) is 94.8 Å². The summed E-state index contributed by atoms with van der Waals surface area (Å²) in [4.78, 5) is 6.96. The van der Waals surface area contributed by atoms with E-state index in [2.05, 4.69) is 45.5 Å². The number of nitrogens with zero attached hydrogens (tertiary/aromatic N) is 2. The van der Waals surface area contributed by atoms with E-state index in [1.807, 2.05) is 42.6 Å². The molecule has 0 aliphatic carbocycles. The summed E-state index contributed by atoms with van der Waals surface area (Å²) in [5, 5.41) is 4.49. The van der Waals surface area contributed by atoms with E-state index in [0.29, 0.717) is 6.04 Å². The maximum atomic E-state index is 6.62. The lowest BCUT2D eigenvalue weighted by atomic mass is 9.93. The molecule has 2 aromatic carbocycles. The quantitative estimate of drug-likeness (QED) is 0.576. The van der Waals surface area contributed by atoms with Crippen molar-refractivity contribution in [2.75, 3.05) is 20.2 Å². The summed E-state index contributed by atoms with van der Waals surface area (Å²) in [7, 11) is 1.70. The van der Waals surface area contributed by atoms with E-state index in [4.69, 9.17) is 16.3 Å². The Morgan fingerprint density at radius 3 is 2.43 bits per heavy atom. The molecule has 1 aliphatic heterocycles. The zero-order valence-corrected chi connectivity index (χ0v) is 18.1. The molecule has 1 aliphatic rings. The lowest BCUT2D eigenvalue weighted by Crippen LogP contribution is -2.44. The summed E-state index contributed by atoms with van der Waals surface area (Å²) in [6, 6.07) is 23.2. The van der Waals surface area contributed by atoms with Gasteiger partial charge in [0.25, 0.3) is 0 Å². The molecule has 1 aromatic heterocycles. The lowest BCUT2D eigenvalue weighted by molar-refractivity contribution is 0.162. The SMILES string of the molecule is COc1ccc(C(c2ccccc2Cl)N2CCC(NCc3ccccn3)CC2)cc1. The highest BCUT2D eigenvalue weighted by molar-refractivity contribution is 6.31. The number of methoxy groups -OCH3 is 1. The predicted molar refractivity (Wildman–Crippen MR) is 122 cm³/mol. The first kappa shape index (κ1) is 20.9. The van der Waals surface area contributed by atoms with Crippen LogP contribution in [0.1, 0.15) is 35.7 Å². The number of nitrogens with one attached hydrogen (secondary N) is 1. The van der Waals surface area contributed by atoms with Gasteiger partial charge in [0, 0.05) is 36.9 Å². The Bertz CT molecular complexity index is 925. The first-order valence-corrected chi connectivity index (χ1v) is 10.9. The molecule has 0 amide bonds. The number of rotatable bonds is 7. The van der Waals surface area contributed by atoms with Crippen LogP contribution < -0.4 is 10.1 Å². The third kappa shape index (κ3) is 5.01. The molecule has 5 heteroatoms. The number of benzene rings is 2. The molecule has 0 radical (unpaired) electrons. The average Bonchev–Trinajstić information content (AvgIpc) is 2.81. The van der Waals surface area contributed by atoms with Gasteiger partial charge in [0.15, 0.2) is 0 Å². The van der Waals surface area contributed by atoms with Gasteiger partial charge in [-0.15, -0.1) is 0 Å². The molecule has 1 unspecified atom stereocenters. The van der Waals surface area contributed by atoms with E-state index in [0.717, 1.165) is 54.5 Å². The van der Waals surface area contributed by atoms with E-state index >= 15 is 0 Å². The van der Waals surface area contributed by atoms with Crippen LogP contribution >= 0.6 is 11.6 Å². The minimum atomic E-state index is 0.140. The molecule has 1 N–H and O–H groups in total. The zero-order valence-electron chi connectivity index (χ0n) is 17.3. The van der Waals surface area contributed by atoms with Crippen molar-refractivity contribution in [3.8, 4) is 5.75 Å². The topological polar surface area (TPSA) is 37.4 Å². The fourth-order valence-electron chi connectivity index (χ4n) is 4.18. The maximum Gasteiger partial charge on any atom is 0.118 e. The van der Waals surface area contributed by atoms with Gasteiger partial charge in [0.05, 0.1) is 18.8 Å². The Hall–Kier alpha value is -2.40. The Morgan fingerprint density at radius 1 is 1.03 bits per heavy atom. The Balaban J connectivity index is 1.47. The normalized spacial score (nSPS) is 16.3. The molecular formula is C25H28ClN3O. The second-order valence-corrected chi connectivity index (χ2v) is 8.12. The minimum absolute atomic E-state index is 0.140. The Labute approximate surface area is 183 Å². The van der Waals surface area contributed by atoms with Gasteiger partial charge in [-0.1, -0.05) is 48.0 Å². The van der Waals surface area contributed by atoms with Gasteiger partial charge in [0.1, 0.15) is 5.75 Å². The fourth-order valence-corrected chi connectivity index (χ4v) is 4.42. The van der Waals surface area contributed by atoms with E-state index in [1.165, 1.54) is 5.56 Å². The van der Waals surface area contributed by atoms with Crippen LogP contribution in [0.3, 0.4) is 0 Å². The molecule has 4 nitrogen and oxygen atoms in total. The molecule has 1 fully saturated rings. The van der Waals surface area contributed by atoms with Crippen LogP contribution in [0.4, 0.5) is 0 Å². The van der Waals surface area contributed by atoms with Crippen LogP contribution in [0.15, 0.2) is 72.9 Å². The van der Waals surface area contributed by atoms with Crippen molar-refractivity contribution in [2.45, 2.75) is 31.5 Å². The molecule has 3 aromatic rings. The number of hydrogen-bond acceptors (Lipinski definition) is 4. The third-order valence-corrected chi connectivity index (χ3v) is 6.17. The van der Waals surface area contributed by atoms with E-state index in [9.17, 15) is 0 Å². The van der Waals surface area contributed by atoms with Crippen LogP contribution in [-0.4, -0.2) is 36.1 Å². The monoisotopic (exact) mass is 421 g/mol. The number of pyridine rings is 1. The van der Waals surface area contributed by atoms with Crippen LogP contribution in [0, 0.1) is 0 Å². The van der Waals surface area contributed by atoms with Crippen LogP contribution in [0.25, 0.3) is 0 Å². The zero-order chi connectivity index (χ0) is 20.8. The summed E-state index contributed by atoms with van der Waals surface area (Å²) in [6.07, 6.45) is 4.05. The molecule has 156 valence electrons. The maximum absolute atomic E-state index is 6.62. The van der Waals surface area contributed by atoms with Gasteiger partial charge in [-0.3, -0.25) is 9.88 Å². The van der Waals surface area contributed by atoms with Gasteiger partial charge in [-0.05, 0) is 54.3 Å². The largest absolute Gasteiger partial charge is 0.497 e. The summed E-state index contributed by atoms with van der Waals surface area (Å²) < 4.78 is 5.35. The molecule has 4 rings (SSSR count). The molecular weight excluding hydrogens is 394 g/mol. The average molecular weight is 422 g/mol. The van der Waals surface area contributed by atoms with Crippen molar-refractivity contribution < 1.29 is 4.74 Å². The minimum Gasteiger partial charge on any atom is -0.497 e. The molecule has 0 spiro atoms. The van der Waals surface area contributed by atoms with Crippen molar-refractivity contribution in [3.63, 3.8) is 0 Å². The Morgan fingerprint density at radius 2 is 1.77 bits per heavy atom.